The second-order valence-corrected chi connectivity index (χ2v) is 6.70. The molecule has 0 aliphatic carbocycles. The van der Waals surface area contributed by atoms with Crippen LogP contribution in [0.4, 0.5) is 11.4 Å². The molecular weight excluding hydrogens is 352 g/mol. The van der Waals surface area contributed by atoms with E-state index in [0.29, 0.717) is 28.1 Å². The Morgan fingerprint density at radius 2 is 1.81 bits per heavy atom. The van der Waals surface area contributed by atoms with E-state index < -0.39 is 0 Å². The molecule has 6 heteroatoms. The van der Waals surface area contributed by atoms with E-state index >= 15 is 0 Å². The van der Waals surface area contributed by atoms with Crippen LogP contribution in [0.25, 0.3) is 0 Å². The number of nitrogens with one attached hydrogen (secondary N) is 1. The summed E-state index contributed by atoms with van der Waals surface area (Å²) in [6.45, 7) is 1.92. The molecule has 0 aromatic heterocycles. The predicted octanol–water partition coefficient (Wildman–Crippen LogP) is 4.22. The Kier molecular flexibility index (Phi) is 6.01. The number of amides is 1. The lowest BCUT2D eigenvalue weighted by molar-refractivity contribution is 0.0819. The molecule has 0 radical (unpaired) electrons. The van der Waals surface area contributed by atoms with Crippen molar-refractivity contribution in [2.75, 3.05) is 37.5 Å². The molecule has 1 saturated heterocycles. The lowest BCUT2D eigenvalue weighted by Gasteiger charge is -2.33. The minimum absolute atomic E-state index is 0.199. The monoisotopic (exact) mass is 374 g/mol. The highest BCUT2D eigenvalue weighted by Crippen LogP contribution is 2.28. The zero-order valence-corrected chi connectivity index (χ0v) is 15.8. The lowest BCUT2D eigenvalue weighted by atomic mass is 10.1. The summed E-state index contributed by atoms with van der Waals surface area (Å²) in [5.41, 5.74) is 2.26. The molecule has 5 nitrogen and oxygen atoms in total. The number of rotatable bonds is 5. The fourth-order valence-electron chi connectivity index (χ4n) is 3.15. The Bertz CT molecular complexity index is 756. The van der Waals surface area contributed by atoms with Gasteiger partial charge in [0.1, 0.15) is 5.75 Å². The Morgan fingerprint density at radius 1 is 1.12 bits per heavy atom. The molecule has 2 aromatic rings. The molecule has 1 aliphatic rings. The smallest absolute Gasteiger partial charge is 0.255 e. The number of benzene rings is 2. The van der Waals surface area contributed by atoms with Crippen molar-refractivity contribution in [3.8, 4) is 5.75 Å². The van der Waals surface area contributed by atoms with Gasteiger partial charge in [-0.05, 0) is 55.3 Å². The molecule has 0 atom stereocenters. The van der Waals surface area contributed by atoms with Gasteiger partial charge in [-0.2, -0.15) is 0 Å². The molecule has 1 aliphatic heterocycles. The van der Waals surface area contributed by atoms with E-state index in [4.69, 9.17) is 21.1 Å². The first-order valence-electron chi connectivity index (χ1n) is 8.63. The van der Waals surface area contributed by atoms with Crippen LogP contribution in [0.1, 0.15) is 23.2 Å². The van der Waals surface area contributed by atoms with Crippen molar-refractivity contribution in [2.45, 2.75) is 18.9 Å². The van der Waals surface area contributed by atoms with Gasteiger partial charge in [-0.15, -0.1) is 0 Å². The number of carbonyl (C=O) groups excluding carboxylic acids is 1. The van der Waals surface area contributed by atoms with Gasteiger partial charge in [0.2, 0.25) is 0 Å². The topological polar surface area (TPSA) is 50.8 Å². The first kappa shape index (κ1) is 18.5. The number of ether oxygens (including phenoxy) is 2. The predicted molar refractivity (Wildman–Crippen MR) is 105 cm³/mol. The molecule has 0 unspecified atom stereocenters. The normalized spacial score (nSPS) is 15.0. The van der Waals surface area contributed by atoms with E-state index in [9.17, 15) is 4.79 Å². The SMILES string of the molecule is COc1ccc(Cl)cc1NC(=O)c1ccc(N2CCC(OC)CC2)cc1. The molecule has 2 aromatic carbocycles. The summed E-state index contributed by atoms with van der Waals surface area (Å²) in [5.74, 6) is 0.371. The average Bonchev–Trinajstić information content (AvgIpc) is 2.68. The summed E-state index contributed by atoms with van der Waals surface area (Å²) in [6.07, 6.45) is 2.39. The van der Waals surface area contributed by atoms with Crippen molar-refractivity contribution in [1.82, 2.24) is 0 Å². The molecule has 3 rings (SSSR count). The summed E-state index contributed by atoms with van der Waals surface area (Å²) in [4.78, 5) is 14.8. The van der Waals surface area contributed by atoms with Gasteiger partial charge >= 0.3 is 0 Å². The maximum absolute atomic E-state index is 12.5. The zero-order chi connectivity index (χ0) is 18.5. The Morgan fingerprint density at radius 3 is 2.42 bits per heavy atom. The third-order valence-electron chi connectivity index (χ3n) is 4.68. The minimum atomic E-state index is -0.199. The van der Waals surface area contributed by atoms with Gasteiger partial charge in [-0.3, -0.25) is 4.79 Å². The highest BCUT2D eigenvalue weighted by Gasteiger charge is 2.19. The third-order valence-corrected chi connectivity index (χ3v) is 4.91. The number of anilines is 2. The molecule has 1 fully saturated rings. The maximum atomic E-state index is 12.5. The molecule has 26 heavy (non-hydrogen) atoms. The van der Waals surface area contributed by atoms with Crippen LogP contribution < -0.4 is 15.0 Å². The van der Waals surface area contributed by atoms with E-state index in [1.54, 1.807) is 32.4 Å². The Balaban J connectivity index is 1.67. The Labute approximate surface area is 158 Å². The third kappa shape index (κ3) is 4.29. The van der Waals surface area contributed by atoms with Gasteiger partial charge < -0.3 is 19.7 Å². The molecule has 1 amide bonds. The molecule has 138 valence electrons. The van der Waals surface area contributed by atoms with Gasteiger partial charge in [0, 0.05) is 36.5 Å². The highest BCUT2D eigenvalue weighted by molar-refractivity contribution is 6.31. The van der Waals surface area contributed by atoms with Crippen LogP contribution in [0.5, 0.6) is 5.75 Å². The number of nitrogens with zero attached hydrogens (tertiary/aromatic N) is 1. The standard InChI is InChI=1S/C20H23ClN2O3/c1-25-17-9-11-23(12-10-17)16-6-3-14(4-7-16)20(24)22-18-13-15(21)5-8-19(18)26-2/h3-8,13,17H,9-12H2,1-2H3,(H,22,24). The van der Waals surface area contributed by atoms with Crippen LogP contribution in [0, 0.1) is 0 Å². The number of halogens is 1. The van der Waals surface area contributed by atoms with Crippen molar-refractivity contribution in [3.63, 3.8) is 0 Å². The number of piperidine rings is 1. The minimum Gasteiger partial charge on any atom is -0.495 e. The molecular formula is C20H23ClN2O3. The van der Waals surface area contributed by atoms with Crippen LogP contribution >= 0.6 is 11.6 Å². The van der Waals surface area contributed by atoms with Crippen LogP contribution in [0.3, 0.4) is 0 Å². The molecule has 0 saturated carbocycles. The zero-order valence-electron chi connectivity index (χ0n) is 15.0. The van der Waals surface area contributed by atoms with Gasteiger partial charge in [0.25, 0.3) is 5.91 Å². The van der Waals surface area contributed by atoms with Crippen LogP contribution in [-0.4, -0.2) is 39.3 Å². The van der Waals surface area contributed by atoms with E-state index in [0.717, 1.165) is 31.6 Å². The first-order chi connectivity index (χ1) is 12.6. The summed E-state index contributed by atoms with van der Waals surface area (Å²) >= 11 is 6.01. The second kappa shape index (κ2) is 8.43. The van der Waals surface area contributed by atoms with E-state index in [1.165, 1.54) is 0 Å². The lowest BCUT2D eigenvalue weighted by Crippen LogP contribution is -2.36. The van der Waals surface area contributed by atoms with E-state index in [2.05, 4.69) is 10.2 Å². The van der Waals surface area contributed by atoms with Crippen LogP contribution in [-0.2, 0) is 4.74 Å². The van der Waals surface area contributed by atoms with Gasteiger partial charge in [-0.1, -0.05) is 11.6 Å². The van der Waals surface area contributed by atoms with Gasteiger partial charge in [0.15, 0.2) is 0 Å². The summed E-state index contributed by atoms with van der Waals surface area (Å²) in [5, 5.41) is 3.39. The van der Waals surface area contributed by atoms with Crippen LogP contribution in [0.15, 0.2) is 42.5 Å². The van der Waals surface area contributed by atoms with Gasteiger partial charge in [-0.25, -0.2) is 0 Å². The molecule has 0 spiro atoms. The molecule has 1 heterocycles. The van der Waals surface area contributed by atoms with Crippen LogP contribution in [0.2, 0.25) is 5.02 Å². The number of hydrogen-bond donors (Lipinski definition) is 1. The van der Waals surface area contributed by atoms with Crippen molar-refractivity contribution < 1.29 is 14.3 Å². The van der Waals surface area contributed by atoms with E-state index in [-0.39, 0.29) is 5.91 Å². The average molecular weight is 375 g/mol. The quantitative estimate of drug-likeness (QED) is 0.851. The van der Waals surface area contributed by atoms with Crippen molar-refractivity contribution >= 4 is 28.9 Å². The molecule has 0 bridgehead atoms. The van der Waals surface area contributed by atoms with Crippen molar-refractivity contribution in [3.05, 3.63) is 53.1 Å². The first-order valence-corrected chi connectivity index (χ1v) is 9.01. The Hall–Kier alpha value is -2.24. The van der Waals surface area contributed by atoms with E-state index in [1.807, 2.05) is 24.3 Å². The molecule has 1 N–H and O–H groups in total. The fourth-order valence-corrected chi connectivity index (χ4v) is 3.32. The summed E-state index contributed by atoms with van der Waals surface area (Å²) in [7, 11) is 3.32. The fraction of sp³-hybridized carbons (Fsp3) is 0.350. The number of hydrogen-bond acceptors (Lipinski definition) is 4. The van der Waals surface area contributed by atoms with Gasteiger partial charge in [0.05, 0.1) is 18.9 Å². The highest BCUT2D eigenvalue weighted by atomic mass is 35.5. The maximum Gasteiger partial charge on any atom is 0.255 e. The largest absolute Gasteiger partial charge is 0.495 e. The second-order valence-electron chi connectivity index (χ2n) is 6.27. The number of carbonyl (C=O) groups is 1. The number of methoxy groups -OCH3 is 2. The summed E-state index contributed by atoms with van der Waals surface area (Å²) in [6, 6.07) is 12.8. The van der Waals surface area contributed by atoms with Crippen molar-refractivity contribution in [1.29, 1.82) is 0 Å². The van der Waals surface area contributed by atoms with Crippen molar-refractivity contribution in [2.24, 2.45) is 0 Å². The summed E-state index contributed by atoms with van der Waals surface area (Å²) < 4.78 is 10.7.